The molecule has 9 heteroatoms. The van der Waals surface area contributed by atoms with E-state index in [2.05, 4.69) is 10.3 Å². The Morgan fingerprint density at radius 1 is 1.06 bits per heavy atom. The van der Waals surface area contributed by atoms with Gasteiger partial charge >= 0.3 is 0 Å². The minimum Gasteiger partial charge on any atom is -0.368 e. The summed E-state index contributed by atoms with van der Waals surface area (Å²) in [7, 11) is 0. The van der Waals surface area contributed by atoms with Crippen molar-refractivity contribution in [3.8, 4) is 0 Å². The molecule has 2 aromatic carbocycles. The number of para-hydroxylation sites is 2. The number of thiophene rings is 1. The highest BCUT2D eigenvalue weighted by Gasteiger charge is 2.40. The van der Waals surface area contributed by atoms with Gasteiger partial charge in [-0.2, -0.15) is 0 Å². The molecule has 2 unspecified atom stereocenters. The van der Waals surface area contributed by atoms with Crippen LogP contribution >= 0.6 is 23.1 Å². The lowest BCUT2D eigenvalue weighted by atomic mass is 10.1. The Morgan fingerprint density at radius 3 is 2.61 bits per heavy atom. The highest BCUT2D eigenvalue weighted by atomic mass is 32.2. The number of nitrogens with two attached hydrogens (primary N) is 1. The Hall–Kier alpha value is -3.56. The standard InChI is InChI=1S/C24H20N4O3S2/c25-20(29)13-28-17-8-3-4-9-18(17)33-22(19-10-5-11-32-19)21(24(28)31)27-23(30)16-12-14-6-1-2-7-15(14)26-16/h1-12,21-22,26H,13H2,(H2,25,29)(H,27,30). The van der Waals surface area contributed by atoms with Gasteiger partial charge in [0.25, 0.3) is 11.8 Å². The second-order valence-electron chi connectivity index (χ2n) is 7.63. The van der Waals surface area contributed by atoms with Gasteiger partial charge < -0.3 is 20.9 Å². The first-order valence-electron chi connectivity index (χ1n) is 10.3. The number of aromatic nitrogens is 1. The van der Waals surface area contributed by atoms with Crippen LogP contribution in [0.2, 0.25) is 0 Å². The molecule has 7 nitrogen and oxygen atoms in total. The van der Waals surface area contributed by atoms with Gasteiger partial charge in [-0.05, 0) is 35.7 Å². The molecule has 2 aromatic heterocycles. The van der Waals surface area contributed by atoms with E-state index in [1.54, 1.807) is 12.1 Å². The van der Waals surface area contributed by atoms with Crippen LogP contribution in [0.5, 0.6) is 0 Å². The van der Waals surface area contributed by atoms with E-state index in [1.807, 2.05) is 60.0 Å². The molecule has 33 heavy (non-hydrogen) atoms. The van der Waals surface area contributed by atoms with Crippen LogP contribution in [-0.4, -0.2) is 35.3 Å². The van der Waals surface area contributed by atoms with E-state index < -0.39 is 17.9 Å². The number of amides is 3. The lowest BCUT2D eigenvalue weighted by molar-refractivity contribution is -0.123. The third-order valence-corrected chi connectivity index (χ3v) is 7.93. The first kappa shape index (κ1) is 21.3. The van der Waals surface area contributed by atoms with Crippen LogP contribution in [0.3, 0.4) is 0 Å². The third kappa shape index (κ3) is 4.12. The molecule has 0 aliphatic carbocycles. The maximum atomic E-state index is 13.8. The summed E-state index contributed by atoms with van der Waals surface area (Å²) in [6.07, 6.45) is 0. The average molecular weight is 477 g/mol. The van der Waals surface area contributed by atoms with Gasteiger partial charge in [0.1, 0.15) is 18.3 Å². The van der Waals surface area contributed by atoms with Crippen molar-refractivity contribution in [2.24, 2.45) is 5.73 Å². The van der Waals surface area contributed by atoms with E-state index >= 15 is 0 Å². The van der Waals surface area contributed by atoms with Crippen LogP contribution in [0, 0.1) is 0 Å². The summed E-state index contributed by atoms with van der Waals surface area (Å²) >= 11 is 3.01. The van der Waals surface area contributed by atoms with Crippen LogP contribution in [0.4, 0.5) is 5.69 Å². The van der Waals surface area contributed by atoms with Crippen molar-refractivity contribution in [1.82, 2.24) is 10.3 Å². The minimum atomic E-state index is -0.903. The highest BCUT2D eigenvalue weighted by molar-refractivity contribution is 8.00. The van der Waals surface area contributed by atoms with Gasteiger partial charge in [-0.1, -0.05) is 36.4 Å². The Balaban J connectivity index is 1.55. The molecule has 0 saturated heterocycles. The molecule has 0 radical (unpaired) electrons. The predicted octanol–water partition coefficient (Wildman–Crippen LogP) is 3.69. The molecule has 4 N–H and O–H groups in total. The van der Waals surface area contributed by atoms with E-state index in [-0.39, 0.29) is 17.7 Å². The van der Waals surface area contributed by atoms with E-state index in [1.165, 1.54) is 28.0 Å². The number of nitrogens with one attached hydrogen (secondary N) is 2. The first-order valence-corrected chi connectivity index (χ1v) is 12.0. The smallest absolute Gasteiger partial charge is 0.268 e. The van der Waals surface area contributed by atoms with Crippen molar-refractivity contribution in [2.45, 2.75) is 16.2 Å². The Labute approximate surface area is 198 Å². The SMILES string of the molecule is NC(=O)CN1C(=O)C(NC(=O)c2cc3ccccc3[nH]2)C(c2cccs2)Sc2ccccc21. The molecule has 5 rings (SSSR count). The number of aromatic amines is 1. The fourth-order valence-corrected chi connectivity index (χ4v) is 6.24. The summed E-state index contributed by atoms with van der Waals surface area (Å²) in [6, 6.07) is 19.7. The first-order chi connectivity index (χ1) is 16.0. The number of H-pyrrole nitrogens is 1. The molecular formula is C24H20N4O3S2. The Bertz CT molecular complexity index is 1320. The van der Waals surface area contributed by atoms with Crippen LogP contribution in [0.15, 0.2) is 77.0 Å². The monoisotopic (exact) mass is 476 g/mol. The number of carbonyl (C=O) groups is 3. The van der Waals surface area contributed by atoms with Crippen molar-refractivity contribution in [3.05, 3.63) is 82.7 Å². The molecule has 4 aromatic rings. The topological polar surface area (TPSA) is 108 Å². The predicted molar refractivity (Wildman–Crippen MR) is 130 cm³/mol. The van der Waals surface area contributed by atoms with E-state index in [4.69, 9.17) is 5.73 Å². The number of thioether (sulfide) groups is 1. The van der Waals surface area contributed by atoms with Gasteiger partial charge in [-0.15, -0.1) is 23.1 Å². The van der Waals surface area contributed by atoms with Crippen LogP contribution in [-0.2, 0) is 9.59 Å². The normalized spacial score (nSPS) is 18.1. The minimum absolute atomic E-state index is 0.272. The largest absolute Gasteiger partial charge is 0.368 e. The fourth-order valence-electron chi connectivity index (χ4n) is 3.95. The fraction of sp³-hybridized carbons (Fsp3) is 0.125. The molecular weight excluding hydrogens is 456 g/mol. The van der Waals surface area contributed by atoms with Crippen molar-refractivity contribution < 1.29 is 14.4 Å². The van der Waals surface area contributed by atoms with Gasteiger partial charge in [0.15, 0.2) is 0 Å². The number of rotatable bonds is 5. The molecule has 2 atom stereocenters. The molecule has 3 heterocycles. The number of fused-ring (bicyclic) bond motifs is 2. The van der Waals surface area contributed by atoms with Gasteiger partial charge in [0.2, 0.25) is 5.91 Å². The molecule has 0 saturated carbocycles. The lowest BCUT2D eigenvalue weighted by Gasteiger charge is -2.27. The Morgan fingerprint density at radius 2 is 1.85 bits per heavy atom. The van der Waals surface area contributed by atoms with Crippen molar-refractivity contribution in [3.63, 3.8) is 0 Å². The zero-order chi connectivity index (χ0) is 22.9. The number of benzene rings is 2. The molecule has 1 aliphatic rings. The Kier molecular flexibility index (Phi) is 5.65. The van der Waals surface area contributed by atoms with E-state index in [9.17, 15) is 14.4 Å². The molecule has 1 aliphatic heterocycles. The number of primary amides is 1. The number of carbonyl (C=O) groups excluding carboxylic acids is 3. The number of hydrogen-bond donors (Lipinski definition) is 3. The molecule has 0 spiro atoms. The maximum Gasteiger partial charge on any atom is 0.268 e. The second-order valence-corrected chi connectivity index (χ2v) is 9.80. The van der Waals surface area contributed by atoms with Gasteiger partial charge in [0, 0.05) is 20.7 Å². The zero-order valence-electron chi connectivity index (χ0n) is 17.4. The van der Waals surface area contributed by atoms with Gasteiger partial charge in [0.05, 0.1) is 10.9 Å². The number of anilines is 1. The zero-order valence-corrected chi connectivity index (χ0v) is 19.0. The highest BCUT2D eigenvalue weighted by Crippen LogP contribution is 2.46. The van der Waals surface area contributed by atoms with Crippen molar-refractivity contribution in [2.75, 3.05) is 11.4 Å². The van der Waals surface area contributed by atoms with Gasteiger partial charge in [-0.25, -0.2) is 0 Å². The van der Waals surface area contributed by atoms with E-state index in [0.717, 1.165) is 20.7 Å². The third-order valence-electron chi connectivity index (χ3n) is 5.44. The summed E-state index contributed by atoms with van der Waals surface area (Å²) in [5, 5.41) is 5.41. The molecule has 0 fully saturated rings. The lowest BCUT2D eigenvalue weighted by Crippen LogP contribution is -2.52. The summed E-state index contributed by atoms with van der Waals surface area (Å²) in [6.45, 7) is -0.272. The summed E-state index contributed by atoms with van der Waals surface area (Å²) in [5.74, 6) is -1.40. The quantitative estimate of drug-likeness (QED) is 0.408. The van der Waals surface area contributed by atoms with Crippen molar-refractivity contribution in [1.29, 1.82) is 0 Å². The summed E-state index contributed by atoms with van der Waals surface area (Å²) in [5.41, 5.74) is 7.28. The van der Waals surface area contributed by atoms with Crippen LogP contribution in [0.1, 0.15) is 20.6 Å². The summed E-state index contributed by atoms with van der Waals surface area (Å²) < 4.78 is 0. The van der Waals surface area contributed by atoms with Crippen LogP contribution < -0.4 is 16.0 Å². The van der Waals surface area contributed by atoms with Crippen LogP contribution in [0.25, 0.3) is 10.9 Å². The molecule has 0 bridgehead atoms. The molecule has 166 valence electrons. The average Bonchev–Trinajstić information content (AvgIpc) is 3.47. The maximum absolute atomic E-state index is 13.8. The number of nitrogens with zero attached hydrogens (tertiary/aromatic N) is 1. The molecule has 3 amide bonds. The van der Waals surface area contributed by atoms with Gasteiger partial charge in [-0.3, -0.25) is 14.4 Å². The van der Waals surface area contributed by atoms with Crippen molar-refractivity contribution >= 4 is 57.4 Å². The second kappa shape index (κ2) is 8.76. The summed E-state index contributed by atoms with van der Waals surface area (Å²) in [4.78, 5) is 45.1. The number of hydrogen-bond acceptors (Lipinski definition) is 5. The van der Waals surface area contributed by atoms with E-state index in [0.29, 0.717) is 11.4 Å².